The van der Waals surface area contributed by atoms with Gasteiger partial charge in [0.05, 0.1) is 0 Å². The highest BCUT2D eigenvalue weighted by molar-refractivity contribution is 5.75. The van der Waals surface area contributed by atoms with Gasteiger partial charge in [0, 0.05) is 50.8 Å². The predicted molar refractivity (Wildman–Crippen MR) is 108 cm³/mol. The van der Waals surface area contributed by atoms with E-state index in [4.69, 9.17) is 0 Å². The summed E-state index contributed by atoms with van der Waals surface area (Å²) in [5, 5.41) is 6.34. The molecule has 0 aromatic carbocycles. The number of aliphatic imine (C=N–C) groups is 1. The van der Waals surface area contributed by atoms with Crippen LogP contribution in [0.5, 0.6) is 0 Å². The average molecular weight is 350 g/mol. The van der Waals surface area contributed by atoms with Crippen molar-refractivity contribution >= 4 is 12.1 Å². The van der Waals surface area contributed by atoms with Crippen molar-refractivity contribution in [2.45, 2.75) is 90.4 Å². The molecule has 0 radical (unpaired) electrons. The Balaban J connectivity index is 1.76. The molecule has 0 spiro atoms. The normalized spacial score (nSPS) is 13.2. The third-order valence-corrected chi connectivity index (χ3v) is 4.66. The van der Waals surface area contributed by atoms with Crippen molar-refractivity contribution in [2.24, 2.45) is 4.99 Å². The fourth-order valence-electron chi connectivity index (χ4n) is 3.05. The Morgan fingerprint density at radius 2 is 1.64 bits per heavy atom. The lowest BCUT2D eigenvalue weighted by atomic mass is 10.1. The fraction of sp³-hybridized carbons (Fsp3) is 0.810. The lowest BCUT2D eigenvalue weighted by Crippen LogP contribution is -2.28. The largest absolute Gasteiger partial charge is 0.356 e. The first-order chi connectivity index (χ1) is 12.3. The van der Waals surface area contributed by atoms with Gasteiger partial charge in [-0.25, -0.2) is 0 Å². The topological polar surface area (TPSA) is 53.5 Å². The molecule has 1 aliphatic heterocycles. The molecule has 1 amide bonds. The van der Waals surface area contributed by atoms with Gasteiger partial charge in [-0.1, -0.05) is 70.8 Å². The lowest BCUT2D eigenvalue weighted by Gasteiger charge is -2.07. The molecule has 1 heterocycles. The van der Waals surface area contributed by atoms with Crippen molar-refractivity contribution in [1.82, 2.24) is 10.6 Å². The maximum absolute atomic E-state index is 11.7. The molecule has 1 rings (SSSR count). The minimum absolute atomic E-state index is 0.168. The van der Waals surface area contributed by atoms with Crippen LogP contribution in [0.3, 0.4) is 0 Å². The van der Waals surface area contributed by atoms with Crippen LogP contribution in [0.2, 0.25) is 0 Å². The Labute approximate surface area is 154 Å². The first-order valence-electron chi connectivity index (χ1n) is 10.5. The predicted octanol–water partition coefficient (Wildman–Crippen LogP) is 4.75. The van der Waals surface area contributed by atoms with Crippen LogP contribution in [-0.2, 0) is 4.79 Å². The standard InChI is InChI=1S/C21H39N3O/c1-2-3-4-5-6-7-8-9-10-11-16-24-21(25)15-19-22-18-14-20-13-12-17-23-20/h13,17,22H,2-12,14-16,18-19H2,1H3,(H,24,25). The third-order valence-electron chi connectivity index (χ3n) is 4.66. The molecule has 0 saturated carbocycles. The van der Waals surface area contributed by atoms with Crippen LogP contribution in [-0.4, -0.2) is 31.8 Å². The van der Waals surface area contributed by atoms with Crippen molar-refractivity contribution in [3.8, 4) is 0 Å². The summed E-state index contributed by atoms with van der Waals surface area (Å²) in [5.41, 5.74) is 1.16. The number of allylic oxidation sites excluding steroid dienone is 1. The van der Waals surface area contributed by atoms with Gasteiger partial charge in [0.2, 0.25) is 5.91 Å². The molecule has 4 nitrogen and oxygen atoms in total. The smallest absolute Gasteiger partial charge is 0.221 e. The monoisotopic (exact) mass is 349 g/mol. The number of hydrogen-bond acceptors (Lipinski definition) is 3. The number of unbranched alkanes of at least 4 members (excludes halogenated alkanes) is 9. The maximum atomic E-state index is 11.7. The Hall–Kier alpha value is -1.16. The zero-order valence-corrected chi connectivity index (χ0v) is 16.3. The quantitative estimate of drug-likeness (QED) is 0.372. The molecule has 0 bridgehead atoms. The number of carbonyl (C=O) groups is 1. The van der Waals surface area contributed by atoms with Gasteiger partial charge in [0.15, 0.2) is 0 Å². The summed E-state index contributed by atoms with van der Waals surface area (Å²) in [7, 11) is 0. The van der Waals surface area contributed by atoms with Crippen molar-refractivity contribution in [3.05, 3.63) is 11.8 Å². The molecule has 144 valence electrons. The summed E-state index contributed by atoms with van der Waals surface area (Å²) in [5.74, 6) is 0.168. The highest BCUT2D eigenvalue weighted by atomic mass is 16.1. The van der Waals surface area contributed by atoms with Gasteiger partial charge in [-0.2, -0.15) is 0 Å². The van der Waals surface area contributed by atoms with Crippen molar-refractivity contribution in [1.29, 1.82) is 0 Å². The molecule has 25 heavy (non-hydrogen) atoms. The Kier molecular flexibility index (Phi) is 14.3. The fourth-order valence-corrected chi connectivity index (χ4v) is 3.05. The molecule has 0 aromatic rings. The van der Waals surface area contributed by atoms with E-state index in [2.05, 4.69) is 28.6 Å². The van der Waals surface area contributed by atoms with E-state index in [1.807, 2.05) is 6.21 Å². The SMILES string of the molecule is CCCCCCCCCCCCNC(=O)CCNCCC1=CCC=N1. The van der Waals surface area contributed by atoms with Crippen molar-refractivity contribution in [2.75, 3.05) is 19.6 Å². The molecule has 0 atom stereocenters. The van der Waals surface area contributed by atoms with Crippen LogP contribution in [0.4, 0.5) is 0 Å². The van der Waals surface area contributed by atoms with E-state index in [0.717, 1.165) is 44.6 Å². The highest BCUT2D eigenvalue weighted by Gasteiger charge is 2.01. The Morgan fingerprint density at radius 3 is 2.28 bits per heavy atom. The van der Waals surface area contributed by atoms with Crippen LogP contribution in [0.15, 0.2) is 16.8 Å². The van der Waals surface area contributed by atoms with E-state index in [1.165, 1.54) is 57.8 Å². The number of rotatable bonds is 17. The van der Waals surface area contributed by atoms with Gasteiger partial charge in [0.1, 0.15) is 0 Å². The second kappa shape index (κ2) is 16.3. The van der Waals surface area contributed by atoms with E-state index >= 15 is 0 Å². The molecule has 2 N–H and O–H groups in total. The first-order valence-corrected chi connectivity index (χ1v) is 10.5. The van der Waals surface area contributed by atoms with Gasteiger partial charge >= 0.3 is 0 Å². The van der Waals surface area contributed by atoms with E-state index in [0.29, 0.717) is 6.42 Å². The molecular formula is C21H39N3O. The molecule has 0 saturated heterocycles. The molecular weight excluding hydrogens is 310 g/mol. The summed E-state index contributed by atoms with van der Waals surface area (Å²) < 4.78 is 0. The number of nitrogens with one attached hydrogen (secondary N) is 2. The van der Waals surface area contributed by atoms with E-state index < -0.39 is 0 Å². The van der Waals surface area contributed by atoms with Gasteiger partial charge in [-0.15, -0.1) is 0 Å². The minimum atomic E-state index is 0.168. The number of hydrogen-bond donors (Lipinski definition) is 2. The van der Waals surface area contributed by atoms with Gasteiger partial charge in [-0.05, 0) is 6.42 Å². The van der Waals surface area contributed by atoms with Crippen LogP contribution in [0.1, 0.15) is 90.4 Å². The molecule has 0 aliphatic carbocycles. The van der Waals surface area contributed by atoms with Crippen LogP contribution in [0, 0.1) is 0 Å². The minimum Gasteiger partial charge on any atom is -0.356 e. The van der Waals surface area contributed by atoms with E-state index in [1.54, 1.807) is 0 Å². The zero-order chi connectivity index (χ0) is 18.0. The first kappa shape index (κ1) is 21.9. The summed E-state index contributed by atoms with van der Waals surface area (Å²) in [4.78, 5) is 16.0. The van der Waals surface area contributed by atoms with Gasteiger partial charge < -0.3 is 10.6 Å². The van der Waals surface area contributed by atoms with E-state index in [-0.39, 0.29) is 5.91 Å². The molecule has 4 heteroatoms. The van der Waals surface area contributed by atoms with Crippen molar-refractivity contribution in [3.63, 3.8) is 0 Å². The average Bonchev–Trinajstić information content (AvgIpc) is 3.13. The maximum Gasteiger partial charge on any atom is 0.221 e. The van der Waals surface area contributed by atoms with Gasteiger partial charge in [-0.3, -0.25) is 9.79 Å². The molecule has 0 aromatic heterocycles. The van der Waals surface area contributed by atoms with E-state index in [9.17, 15) is 4.79 Å². The lowest BCUT2D eigenvalue weighted by molar-refractivity contribution is -0.121. The summed E-state index contributed by atoms with van der Waals surface area (Å²) >= 11 is 0. The number of amides is 1. The Bertz CT molecular complexity index is 391. The summed E-state index contributed by atoms with van der Waals surface area (Å²) in [6.07, 6.45) is 19.9. The van der Waals surface area contributed by atoms with Crippen LogP contribution in [0.25, 0.3) is 0 Å². The van der Waals surface area contributed by atoms with Crippen LogP contribution < -0.4 is 10.6 Å². The molecule has 0 fully saturated rings. The molecule has 1 aliphatic rings. The van der Waals surface area contributed by atoms with Crippen LogP contribution >= 0.6 is 0 Å². The molecule has 0 unspecified atom stereocenters. The Morgan fingerprint density at radius 1 is 0.960 bits per heavy atom. The number of carbonyl (C=O) groups excluding carboxylic acids is 1. The summed E-state index contributed by atoms with van der Waals surface area (Å²) in [6, 6.07) is 0. The third kappa shape index (κ3) is 13.8. The highest BCUT2D eigenvalue weighted by Crippen LogP contribution is 2.10. The summed E-state index contributed by atoms with van der Waals surface area (Å²) in [6.45, 7) is 4.74. The second-order valence-corrected chi connectivity index (χ2v) is 7.02. The van der Waals surface area contributed by atoms with Gasteiger partial charge in [0.25, 0.3) is 0 Å². The zero-order valence-electron chi connectivity index (χ0n) is 16.3. The van der Waals surface area contributed by atoms with Crippen molar-refractivity contribution < 1.29 is 4.79 Å². The second-order valence-electron chi connectivity index (χ2n) is 7.02. The number of nitrogens with zero attached hydrogens (tertiary/aromatic N) is 1.